The highest BCUT2D eigenvalue weighted by molar-refractivity contribution is 9.11. The molecule has 0 bridgehead atoms. The fourth-order valence-electron chi connectivity index (χ4n) is 14.4. The van der Waals surface area contributed by atoms with Gasteiger partial charge in [-0.3, -0.25) is 19.2 Å². The number of hydrogen-bond acceptors (Lipinski definition) is 17. The number of carbonyl (C=O) groups excluding carboxylic acids is 2. The topological polar surface area (TPSA) is 287 Å². The largest absolute Gasteiger partial charge is 0.497 e. The Morgan fingerprint density at radius 1 is 0.423 bits per heavy atom. The lowest BCUT2D eigenvalue weighted by molar-refractivity contribution is -0.190. The van der Waals surface area contributed by atoms with Crippen LogP contribution in [-0.2, 0) is 52.6 Å². The molecule has 0 radical (unpaired) electrons. The van der Waals surface area contributed by atoms with Crippen molar-refractivity contribution in [3.8, 4) is 11.5 Å². The van der Waals surface area contributed by atoms with E-state index in [1.54, 1.807) is 99.1 Å². The third-order valence-electron chi connectivity index (χ3n) is 21.0. The van der Waals surface area contributed by atoms with Gasteiger partial charge in [0.25, 0.3) is 11.8 Å². The van der Waals surface area contributed by atoms with Gasteiger partial charge in [0.05, 0.1) is 37.4 Å². The molecule has 7 aliphatic carbocycles. The number of pyridine rings is 6. The highest BCUT2D eigenvalue weighted by Crippen LogP contribution is 2.57. The summed E-state index contributed by atoms with van der Waals surface area (Å²) >= 11 is 12.7. The molecule has 2 aromatic carbocycles. The van der Waals surface area contributed by atoms with Crippen LogP contribution in [0, 0.1) is 59.3 Å². The summed E-state index contributed by atoms with van der Waals surface area (Å²) in [4.78, 5) is 69.3. The Bertz CT molecular complexity index is 4950. The lowest BCUT2D eigenvalue weighted by Gasteiger charge is -2.45. The van der Waals surface area contributed by atoms with Crippen molar-refractivity contribution in [3.05, 3.63) is 219 Å². The number of nitrogens with one attached hydrogen (secondary N) is 1. The van der Waals surface area contributed by atoms with Crippen molar-refractivity contribution in [1.82, 2.24) is 29.9 Å². The van der Waals surface area contributed by atoms with E-state index in [9.17, 15) is 85.0 Å². The fourth-order valence-corrected chi connectivity index (χ4v) is 16.6. The van der Waals surface area contributed by atoms with Crippen molar-refractivity contribution >= 4 is 99.2 Å². The second kappa shape index (κ2) is 44.0. The first-order valence-electron chi connectivity index (χ1n) is 41.0. The lowest BCUT2D eigenvalue weighted by atomic mass is 9.63. The Kier molecular flexibility index (Phi) is 36.6. The number of aromatic nitrogens is 6. The van der Waals surface area contributed by atoms with E-state index in [1.165, 1.54) is 6.07 Å². The number of carbonyl (C=O) groups is 4. The van der Waals surface area contributed by atoms with E-state index in [-0.39, 0.29) is 74.8 Å². The normalized spacial score (nSPS) is 18.6. The molecule has 7 fully saturated rings. The molecule has 8 aromatic rings. The zero-order valence-electron chi connectivity index (χ0n) is 73.9. The monoisotopic (exact) mass is 2100 g/mol. The molecule has 0 spiro atoms. The second-order valence-electron chi connectivity index (χ2n) is 35.7. The number of alkyl halides is 14. The van der Waals surface area contributed by atoms with Gasteiger partial charge in [-0.05, 0) is 288 Å². The van der Waals surface area contributed by atoms with E-state index < -0.39 is 144 Å². The molecule has 15 rings (SSSR count). The Labute approximate surface area is 778 Å². The highest BCUT2D eigenvalue weighted by Gasteiger charge is 2.65. The molecule has 0 amide bonds. The molecule has 712 valence electrons. The molecule has 0 atom stereocenters. The van der Waals surface area contributed by atoms with E-state index in [4.69, 9.17) is 40.6 Å². The molecular weight excluding hydrogens is 2000 g/mol. The zero-order valence-corrected chi connectivity index (χ0v) is 80.3. The maximum atomic E-state index is 13.5. The third-order valence-corrected chi connectivity index (χ3v) is 22.6. The SMILES string of the molecule is CC(C)(C)OC(=O)C1CC(F)(F)C1.COc1ccc(CN)cc1.COc1ccc(CNc2cc(C)cc(C3CC(F)(F)C3)n2)cc1.Cc1cc(Br)nc(C2(C(=O)O)CC(F)(F)C2)c1.Cc1cc(Br)nc(C2(C(=O)OC(C)(C)C)CC(F)(F)C2)c1.Cc1cc(Br)nc(C2CC(F)(F)C2)c1.Cc1cc(F)nc(Br)c1.Cc1cc(N)nc(C2CC(F)(F)C2)c1.O=C(O)C1CC(F)(F)C1. The van der Waals surface area contributed by atoms with Crippen molar-refractivity contribution in [2.45, 2.75) is 267 Å². The summed E-state index contributed by atoms with van der Waals surface area (Å²) in [5.74, 6) is -21.4. The quantitative estimate of drug-likeness (QED) is 0.0362. The van der Waals surface area contributed by atoms with Gasteiger partial charge in [0.2, 0.25) is 35.6 Å². The number of rotatable bonds is 15. The second-order valence-corrected chi connectivity index (χ2v) is 38.9. The number of anilines is 2. The van der Waals surface area contributed by atoms with E-state index in [0.717, 1.165) is 77.8 Å². The number of carboxylic acid groups (broad SMARTS) is 2. The first kappa shape index (κ1) is 108. The summed E-state index contributed by atoms with van der Waals surface area (Å²) in [7, 11) is 3.28. The number of aliphatic carboxylic acids is 2. The van der Waals surface area contributed by atoms with Gasteiger partial charge in [-0.25, -0.2) is 91.4 Å². The van der Waals surface area contributed by atoms with Crippen LogP contribution in [0.15, 0.2) is 140 Å². The number of methoxy groups -OCH3 is 2. The zero-order chi connectivity index (χ0) is 97.6. The van der Waals surface area contributed by atoms with Gasteiger partial charge >= 0.3 is 23.9 Å². The van der Waals surface area contributed by atoms with Crippen molar-refractivity contribution in [2.75, 3.05) is 25.3 Å². The van der Waals surface area contributed by atoms with E-state index in [1.807, 2.05) is 113 Å². The van der Waals surface area contributed by atoms with Crippen LogP contribution in [-0.4, -0.2) is 131 Å². The average molecular weight is 2100 g/mol. The molecule has 0 unspecified atom stereocenters. The van der Waals surface area contributed by atoms with Gasteiger partial charge < -0.3 is 45.9 Å². The van der Waals surface area contributed by atoms with Crippen molar-refractivity contribution in [1.29, 1.82) is 0 Å². The number of nitrogen functional groups attached to an aromatic ring is 1. The van der Waals surface area contributed by atoms with Crippen LogP contribution in [0.1, 0.15) is 222 Å². The minimum atomic E-state index is -2.91. The summed E-state index contributed by atoms with van der Waals surface area (Å²) in [6.45, 7) is 22.7. The average Bonchev–Trinajstić information content (AvgIpc) is 0.727. The van der Waals surface area contributed by atoms with Crippen LogP contribution < -0.4 is 26.3 Å². The standard InChI is InChI=1S/C18H20F2N2O.C15H18BrF2NO2.C11H10BrF2NO2.C10H10BrF2N.C10H12F2N2.C9H14F2O2.C8H11NO.C6H5BrFN.C5H6F2O2/c1-12-7-16(14-9-18(19,20)10-14)22-17(8-12)21-11-13-3-5-15(23-2)6-4-13;1-9-5-10(19-11(16)6-9)14(7-15(17,18)8-14)12(20)21-13(2,3)4;1-6-2-7(15-8(12)3-6)10(9(16)17)4-11(13,14)5-10;1-6-2-8(14-9(11)3-6)7-4-10(12,13)5-7;1-6-2-8(14-9(13)3-6)7-4-10(11,12)5-7;1-8(2,3)13-7(12)6-4-9(10,11)5-6;1-10-8-4-2-7(6-9)3-5-8;1-4-2-5(7)9-6(8)3-4;6-5(7)1-3(2-5)4(8)9/h3-8,14H,9-11H2,1-2H3,(H,21,22);5-6H,7-8H2,1-4H3;2-3H,4-5H2,1H3,(H,16,17);2-3,7H,4-5H2,1H3;2-3,7H,4-5H2,1H3,(H2,13,14);6H,4-5H2,1-3H3;2-5H,6,9H2,1H3;2-3H,1H3;3H,1-2H2,(H,8,9). The summed E-state index contributed by atoms with van der Waals surface area (Å²) in [5, 5.41) is 20.6. The summed E-state index contributed by atoms with van der Waals surface area (Å²) < 4.78 is 213. The van der Waals surface area contributed by atoms with Crippen LogP contribution in [0.5, 0.6) is 11.5 Å². The molecule has 7 aliphatic rings. The number of nitrogens with zero attached hydrogens (tertiary/aromatic N) is 6. The first-order valence-corrected chi connectivity index (χ1v) is 44.2. The summed E-state index contributed by atoms with van der Waals surface area (Å²) in [5.41, 5.74) is 17.3. The summed E-state index contributed by atoms with van der Waals surface area (Å²) in [6.07, 6.45) is -4.67. The maximum absolute atomic E-state index is 13.5. The smallest absolute Gasteiger partial charge is 0.319 e. The highest BCUT2D eigenvalue weighted by atomic mass is 79.9. The molecule has 38 heteroatoms. The van der Waals surface area contributed by atoms with Crippen molar-refractivity contribution in [3.63, 3.8) is 0 Å². The maximum Gasteiger partial charge on any atom is 0.319 e. The minimum Gasteiger partial charge on any atom is -0.497 e. The molecule has 19 nitrogen and oxygen atoms in total. The van der Waals surface area contributed by atoms with Gasteiger partial charge in [-0.1, -0.05) is 24.3 Å². The van der Waals surface area contributed by atoms with Gasteiger partial charge in [-0.2, -0.15) is 4.39 Å². The third kappa shape index (κ3) is 33.8. The number of benzene rings is 2. The molecule has 6 heterocycles. The lowest BCUT2D eigenvalue weighted by Crippen LogP contribution is -2.56. The van der Waals surface area contributed by atoms with E-state index in [2.05, 4.69) is 98.9 Å². The van der Waals surface area contributed by atoms with Crippen molar-refractivity contribution in [2.24, 2.45) is 17.6 Å². The van der Waals surface area contributed by atoms with Crippen LogP contribution >= 0.6 is 63.7 Å². The molecule has 7 saturated carbocycles. The molecule has 6 aromatic heterocycles. The first-order chi connectivity index (χ1) is 59.8. The number of esters is 2. The molecule has 130 heavy (non-hydrogen) atoms. The number of nitrogens with two attached hydrogens (primary N) is 2. The number of hydrogen-bond donors (Lipinski definition) is 5. The molecule has 0 saturated heterocycles. The minimum absolute atomic E-state index is 0.0596. The number of aryl methyl sites for hydroxylation is 6. The Hall–Kier alpha value is -8.75. The van der Waals surface area contributed by atoms with E-state index >= 15 is 0 Å². The summed E-state index contributed by atoms with van der Waals surface area (Å²) in [6, 6.07) is 36.5. The van der Waals surface area contributed by atoms with E-state index in [0.29, 0.717) is 44.1 Å². The van der Waals surface area contributed by atoms with Gasteiger partial charge in [0, 0.05) is 138 Å². The number of halogens is 19. The molecular formula is C92H106Br4F15N9O10. The van der Waals surface area contributed by atoms with Crippen LogP contribution in [0.4, 0.5) is 77.5 Å². The van der Waals surface area contributed by atoms with Crippen LogP contribution in [0.2, 0.25) is 0 Å². The van der Waals surface area contributed by atoms with Gasteiger partial charge in [0.15, 0.2) is 0 Å². The Balaban J connectivity index is 0.000000203. The fraction of sp³-hybridized carbons (Fsp3) is 0.500. The van der Waals surface area contributed by atoms with Crippen LogP contribution in [0.3, 0.4) is 0 Å². The number of carboxylic acids is 2. The molecule has 0 aliphatic heterocycles. The van der Waals surface area contributed by atoms with Crippen molar-refractivity contribution < 1.29 is 114 Å². The Morgan fingerprint density at radius 2 is 0.762 bits per heavy atom. The Morgan fingerprint density at radius 3 is 1.09 bits per heavy atom. The van der Waals surface area contributed by atoms with Gasteiger partial charge in [0.1, 0.15) is 63.6 Å². The predicted molar refractivity (Wildman–Crippen MR) is 475 cm³/mol. The predicted octanol–water partition coefficient (Wildman–Crippen LogP) is 24.7. The molecule has 7 N–H and O–H groups in total. The number of ether oxygens (including phenoxy) is 4. The van der Waals surface area contributed by atoms with Crippen LogP contribution in [0.25, 0.3) is 0 Å². The van der Waals surface area contributed by atoms with Gasteiger partial charge in [-0.15, -0.1) is 0 Å².